The van der Waals surface area contributed by atoms with Crippen LogP contribution < -0.4 is 21.9 Å². The number of nitrogens with two attached hydrogens (primary N) is 1. The van der Waals surface area contributed by atoms with E-state index >= 15 is 0 Å². The normalized spacial score (nSPS) is 23.1. The predicted octanol–water partition coefficient (Wildman–Crippen LogP) is 1.97. The van der Waals surface area contributed by atoms with Crippen molar-refractivity contribution < 1.29 is 9.53 Å². The molecule has 2 fully saturated rings. The number of nitrogens with zero attached hydrogens (tertiary/aromatic N) is 2. The quantitative estimate of drug-likeness (QED) is 0.609. The van der Waals surface area contributed by atoms with E-state index < -0.39 is 11.2 Å². The highest BCUT2D eigenvalue weighted by Crippen LogP contribution is 2.49. The number of rotatable bonds is 9. The van der Waals surface area contributed by atoms with Gasteiger partial charge in [0.1, 0.15) is 5.82 Å². The molecule has 162 valence electrons. The lowest BCUT2D eigenvalue weighted by Crippen LogP contribution is -2.42. The van der Waals surface area contributed by atoms with Crippen LogP contribution in [-0.4, -0.2) is 35.7 Å². The lowest BCUT2D eigenvalue weighted by atomic mass is 9.86. The van der Waals surface area contributed by atoms with E-state index in [1.165, 1.54) is 28.7 Å². The second kappa shape index (κ2) is 9.15. The molecule has 1 aromatic rings. The second-order valence-corrected chi connectivity index (χ2v) is 9.03. The third kappa shape index (κ3) is 4.74. The maximum atomic E-state index is 13.3. The number of ether oxygens (including phenoxy) is 1. The van der Waals surface area contributed by atoms with E-state index in [1.807, 2.05) is 13.8 Å². The number of nitrogen functional groups attached to an aromatic ring is 1. The van der Waals surface area contributed by atoms with Crippen LogP contribution in [0.25, 0.3) is 0 Å². The van der Waals surface area contributed by atoms with Crippen LogP contribution in [0.3, 0.4) is 0 Å². The van der Waals surface area contributed by atoms with E-state index in [1.54, 1.807) is 7.11 Å². The van der Waals surface area contributed by atoms with Crippen LogP contribution in [0.15, 0.2) is 9.59 Å². The van der Waals surface area contributed by atoms with Gasteiger partial charge < -0.3 is 15.4 Å². The highest BCUT2D eigenvalue weighted by atomic mass is 16.5. The molecular weight excluding hydrogens is 372 g/mol. The molecule has 3 rings (SSSR count). The Bertz CT molecular complexity index is 844. The predicted molar refractivity (Wildman–Crippen MR) is 113 cm³/mol. The van der Waals surface area contributed by atoms with Gasteiger partial charge in [-0.1, -0.05) is 20.3 Å². The van der Waals surface area contributed by atoms with Crippen molar-refractivity contribution in [1.29, 1.82) is 0 Å². The maximum absolute atomic E-state index is 13.3. The molecule has 8 heteroatoms. The molecule has 2 aliphatic rings. The third-order valence-corrected chi connectivity index (χ3v) is 6.38. The molecule has 2 saturated carbocycles. The van der Waals surface area contributed by atoms with Crippen molar-refractivity contribution in [3.05, 3.63) is 20.8 Å². The number of anilines is 2. The lowest BCUT2D eigenvalue weighted by Gasteiger charge is -2.28. The summed E-state index contributed by atoms with van der Waals surface area (Å²) in [6.45, 7) is 5.11. The molecule has 1 amide bonds. The number of methoxy groups -OCH3 is 1. The molecule has 3 N–H and O–H groups in total. The Morgan fingerprint density at radius 2 is 2.07 bits per heavy atom. The number of hydrogen-bond donors (Lipinski definition) is 2. The topological polar surface area (TPSA) is 110 Å². The lowest BCUT2D eigenvalue weighted by molar-refractivity contribution is -0.120. The average Bonchev–Trinajstić information content (AvgIpc) is 3.26. The zero-order valence-corrected chi connectivity index (χ0v) is 17.8. The summed E-state index contributed by atoms with van der Waals surface area (Å²) in [5.41, 5.74) is 5.21. The SMILES string of the molecule is COCCCN(C(=O)C[C@@H]1C[C@H]2CC[C@H]1C2)c1c(N)n(CC(C)C)c(=O)[nH]c1=O. The number of hydrogen-bond acceptors (Lipinski definition) is 5. The van der Waals surface area contributed by atoms with Crippen molar-refractivity contribution in [2.45, 2.75) is 58.9 Å². The standard InChI is InChI=1S/C21H34N4O4/c1-13(2)12-25-19(22)18(20(27)23-21(25)28)24(7-4-8-29-3)17(26)11-16-10-14-5-6-15(16)9-14/h13-16H,4-12,22H2,1-3H3,(H,23,27,28)/t14-,15-,16-/m0/s1. The minimum atomic E-state index is -0.605. The largest absolute Gasteiger partial charge is 0.385 e. The first-order valence-corrected chi connectivity index (χ1v) is 10.7. The Morgan fingerprint density at radius 3 is 2.66 bits per heavy atom. The third-order valence-electron chi connectivity index (χ3n) is 6.38. The van der Waals surface area contributed by atoms with Gasteiger partial charge in [-0.05, 0) is 49.4 Å². The van der Waals surface area contributed by atoms with Gasteiger partial charge in [-0.25, -0.2) is 4.79 Å². The monoisotopic (exact) mass is 406 g/mol. The summed E-state index contributed by atoms with van der Waals surface area (Å²) < 4.78 is 6.48. The molecule has 0 aliphatic heterocycles. The number of aromatic amines is 1. The van der Waals surface area contributed by atoms with E-state index in [0.717, 1.165) is 12.3 Å². The number of aromatic nitrogens is 2. The van der Waals surface area contributed by atoms with Gasteiger partial charge in [-0.15, -0.1) is 0 Å². The molecule has 2 aliphatic carbocycles. The smallest absolute Gasteiger partial charge is 0.330 e. The van der Waals surface area contributed by atoms with Crippen LogP contribution in [0.1, 0.15) is 52.4 Å². The first kappa shape index (κ1) is 21.6. The Kier molecular flexibility index (Phi) is 6.82. The van der Waals surface area contributed by atoms with Gasteiger partial charge >= 0.3 is 5.69 Å². The highest BCUT2D eigenvalue weighted by molar-refractivity contribution is 5.95. The first-order chi connectivity index (χ1) is 13.8. The maximum Gasteiger partial charge on any atom is 0.330 e. The molecule has 8 nitrogen and oxygen atoms in total. The Balaban J connectivity index is 1.90. The average molecular weight is 407 g/mol. The number of amides is 1. The van der Waals surface area contributed by atoms with Gasteiger partial charge in [0.2, 0.25) is 5.91 Å². The zero-order chi connectivity index (χ0) is 21.1. The first-order valence-electron chi connectivity index (χ1n) is 10.7. The highest BCUT2D eigenvalue weighted by Gasteiger charge is 2.41. The Hall–Kier alpha value is -2.09. The molecule has 0 spiro atoms. The molecule has 29 heavy (non-hydrogen) atoms. The fourth-order valence-corrected chi connectivity index (χ4v) is 5.07. The van der Waals surface area contributed by atoms with Crippen LogP contribution in [0.4, 0.5) is 11.5 Å². The summed E-state index contributed by atoms with van der Waals surface area (Å²) >= 11 is 0. The van der Waals surface area contributed by atoms with E-state index in [2.05, 4.69) is 4.98 Å². The van der Waals surface area contributed by atoms with Crippen molar-refractivity contribution in [3.63, 3.8) is 0 Å². The zero-order valence-electron chi connectivity index (χ0n) is 17.8. The number of H-pyrrole nitrogens is 1. The summed E-state index contributed by atoms with van der Waals surface area (Å²) in [5, 5.41) is 0. The van der Waals surface area contributed by atoms with Crippen molar-refractivity contribution in [2.75, 3.05) is 30.9 Å². The molecule has 3 atom stereocenters. The van der Waals surface area contributed by atoms with E-state index in [9.17, 15) is 14.4 Å². The number of nitrogens with one attached hydrogen (secondary N) is 1. The molecule has 1 aromatic heterocycles. The molecule has 0 unspecified atom stereocenters. The Labute approximate surface area is 171 Å². The summed E-state index contributed by atoms with van der Waals surface area (Å²) in [6.07, 6.45) is 5.82. The molecule has 0 radical (unpaired) electrons. The Morgan fingerprint density at radius 1 is 1.31 bits per heavy atom. The van der Waals surface area contributed by atoms with Gasteiger partial charge in [0, 0.05) is 33.2 Å². The minimum absolute atomic E-state index is 0.0613. The van der Waals surface area contributed by atoms with Crippen LogP contribution in [0.2, 0.25) is 0 Å². The fraction of sp³-hybridized carbons (Fsp3) is 0.762. The van der Waals surface area contributed by atoms with E-state index in [-0.39, 0.29) is 23.3 Å². The van der Waals surface area contributed by atoms with Crippen LogP contribution in [-0.2, 0) is 16.1 Å². The number of fused-ring (bicyclic) bond motifs is 2. The molecule has 1 heterocycles. The van der Waals surface area contributed by atoms with Crippen molar-refractivity contribution in [1.82, 2.24) is 9.55 Å². The summed E-state index contributed by atoms with van der Waals surface area (Å²) in [4.78, 5) is 42.0. The molecule has 0 aromatic carbocycles. The second-order valence-electron chi connectivity index (χ2n) is 9.03. The minimum Gasteiger partial charge on any atom is -0.385 e. The van der Waals surface area contributed by atoms with Gasteiger partial charge in [-0.3, -0.25) is 19.1 Å². The van der Waals surface area contributed by atoms with Crippen LogP contribution in [0.5, 0.6) is 0 Å². The molecule has 2 bridgehead atoms. The van der Waals surface area contributed by atoms with Gasteiger partial charge in [0.25, 0.3) is 5.56 Å². The van der Waals surface area contributed by atoms with E-state index in [0.29, 0.717) is 44.4 Å². The summed E-state index contributed by atoms with van der Waals surface area (Å²) in [6, 6.07) is 0. The summed E-state index contributed by atoms with van der Waals surface area (Å²) in [5.74, 6) is 1.89. The van der Waals surface area contributed by atoms with Crippen molar-refractivity contribution in [2.24, 2.45) is 23.7 Å². The van der Waals surface area contributed by atoms with Gasteiger partial charge in [0.15, 0.2) is 5.69 Å². The van der Waals surface area contributed by atoms with E-state index in [4.69, 9.17) is 10.5 Å². The van der Waals surface area contributed by atoms with Gasteiger partial charge in [0.05, 0.1) is 0 Å². The molecular formula is C21H34N4O4. The summed E-state index contributed by atoms with van der Waals surface area (Å²) in [7, 11) is 1.60. The van der Waals surface area contributed by atoms with Crippen molar-refractivity contribution >= 4 is 17.4 Å². The molecule has 0 saturated heterocycles. The fourth-order valence-electron chi connectivity index (χ4n) is 5.07. The van der Waals surface area contributed by atoms with Crippen LogP contribution >= 0.6 is 0 Å². The van der Waals surface area contributed by atoms with Crippen LogP contribution in [0, 0.1) is 23.7 Å². The van der Waals surface area contributed by atoms with Gasteiger partial charge in [-0.2, -0.15) is 0 Å². The number of carbonyl (C=O) groups excluding carboxylic acids is 1. The number of carbonyl (C=O) groups is 1. The van der Waals surface area contributed by atoms with Crippen molar-refractivity contribution in [3.8, 4) is 0 Å².